The Labute approximate surface area is 88.7 Å². The number of hydrogen-bond acceptors (Lipinski definition) is 6. The van der Waals surface area contributed by atoms with Crippen molar-refractivity contribution in [1.29, 1.82) is 0 Å². The molecule has 0 saturated carbocycles. The third kappa shape index (κ3) is 3.58. The van der Waals surface area contributed by atoms with Crippen LogP contribution in [0.15, 0.2) is 4.52 Å². The molecule has 0 radical (unpaired) electrons. The first-order valence-electron chi connectivity index (χ1n) is 5.07. The van der Waals surface area contributed by atoms with E-state index in [-0.39, 0.29) is 12.7 Å². The molecule has 0 amide bonds. The highest BCUT2D eigenvalue weighted by Gasteiger charge is 2.17. The Balaban J connectivity index is 2.63. The van der Waals surface area contributed by atoms with Crippen LogP contribution >= 0.6 is 0 Å². The second-order valence-corrected chi connectivity index (χ2v) is 3.09. The fraction of sp³-hybridized carbons (Fsp3) is 0.778. The van der Waals surface area contributed by atoms with Gasteiger partial charge in [0.1, 0.15) is 12.7 Å². The number of nitrogens with two attached hydrogens (primary N) is 1. The highest BCUT2D eigenvalue weighted by atomic mass is 16.6. The monoisotopic (exact) mass is 215 g/mol. The van der Waals surface area contributed by atoms with E-state index in [4.69, 9.17) is 15.2 Å². The van der Waals surface area contributed by atoms with Crippen LogP contribution in [0.25, 0.3) is 0 Å². The maximum atomic E-state index is 5.50. The number of aromatic nitrogens is 2. The van der Waals surface area contributed by atoms with Gasteiger partial charge in [-0.2, -0.15) is 4.98 Å². The first-order valence-corrected chi connectivity index (χ1v) is 5.07. The van der Waals surface area contributed by atoms with Gasteiger partial charge >= 0.3 is 0 Å². The van der Waals surface area contributed by atoms with Crippen molar-refractivity contribution in [2.45, 2.75) is 39.4 Å². The first kappa shape index (κ1) is 12.1. The van der Waals surface area contributed by atoms with Crippen LogP contribution in [0.5, 0.6) is 0 Å². The summed E-state index contributed by atoms with van der Waals surface area (Å²) in [6.07, 6.45) is 1.77. The molecule has 0 aliphatic rings. The lowest BCUT2D eigenvalue weighted by Gasteiger charge is -2.10. The van der Waals surface area contributed by atoms with Crippen molar-refractivity contribution in [3.8, 4) is 0 Å². The van der Waals surface area contributed by atoms with Crippen molar-refractivity contribution in [1.82, 2.24) is 10.1 Å². The molecular weight excluding hydrogens is 198 g/mol. The van der Waals surface area contributed by atoms with Gasteiger partial charge < -0.3 is 9.26 Å². The second kappa shape index (κ2) is 6.49. The zero-order chi connectivity index (χ0) is 11.1. The van der Waals surface area contributed by atoms with Crippen molar-refractivity contribution in [3.05, 3.63) is 11.7 Å². The molecule has 0 bridgehead atoms. The number of ether oxygens (including phenoxy) is 1. The number of hydrogen-bond donors (Lipinski definition) is 1. The summed E-state index contributed by atoms with van der Waals surface area (Å²) in [4.78, 5) is 8.53. The third-order valence-electron chi connectivity index (χ3n) is 1.90. The molecule has 1 atom stereocenters. The maximum Gasteiger partial charge on any atom is 0.254 e. The van der Waals surface area contributed by atoms with Gasteiger partial charge in [0.2, 0.25) is 5.82 Å². The summed E-state index contributed by atoms with van der Waals surface area (Å²) in [6.45, 7) is 4.77. The third-order valence-corrected chi connectivity index (χ3v) is 1.90. The summed E-state index contributed by atoms with van der Waals surface area (Å²) in [7, 11) is 0. The minimum absolute atomic E-state index is 0.102. The molecule has 1 heterocycles. The molecule has 0 aliphatic heterocycles. The first-order chi connectivity index (χ1) is 7.31. The van der Waals surface area contributed by atoms with E-state index in [1.165, 1.54) is 0 Å². The second-order valence-electron chi connectivity index (χ2n) is 3.09. The summed E-state index contributed by atoms with van der Waals surface area (Å²) in [6, 6.07) is 0. The van der Waals surface area contributed by atoms with E-state index in [1.807, 2.05) is 6.92 Å². The molecule has 86 valence electrons. The van der Waals surface area contributed by atoms with Gasteiger partial charge in [-0.15, -0.1) is 0 Å². The standard InChI is InChI=1S/C9H17N3O3/c1-3-5-7(13-4-2)9-11-8(6-14-10)15-12-9/h7H,3-6,10H2,1-2H3. The summed E-state index contributed by atoms with van der Waals surface area (Å²) in [5.74, 6) is 5.83. The lowest BCUT2D eigenvalue weighted by Crippen LogP contribution is -2.06. The zero-order valence-corrected chi connectivity index (χ0v) is 9.10. The van der Waals surface area contributed by atoms with Gasteiger partial charge in [-0.1, -0.05) is 18.5 Å². The molecule has 1 unspecified atom stereocenters. The Hall–Kier alpha value is -0.980. The molecule has 6 heteroatoms. The number of nitrogens with zero attached hydrogens (tertiary/aromatic N) is 2. The van der Waals surface area contributed by atoms with Gasteiger partial charge in [0.15, 0.2) is 0 Å². The summed E-state index contributed by atoms with van der Waals surface area (Å²) in [5, 5.41) is 3.83. The van der Waals surface area contributed by atoms with Crippen LogP contribution in [0.3, 0.4) is 0 Å². The molecule has 15 heavy (non-hydrogen) atoms. The molecular formula is C9H17N3O3. The smallest absolute Gasteiger partial charge is 0.254 e. The number of rotatable bonds is 7. The predicted octanol–water partition coefficient (Wildman–Crippen LogP) is 1.34. The van der Waals surface area contributed by atoms with E-state index in [0.29, 0.717) is 18.3 Å². The van der Waals surface area contributed by atoms with Gasteiger partial charge in [-0.25, -0.2) is 5.90 Å². The molecule has 0 spiro atoms. The Bertz CT molecular complexity index is 271. The molecule has 6 nitrogen and oxygen atoms in total. The Morgan fingerprint density at radius 1 is 1.47 bits per heavy atom. The van der Waals surface area contributed by atoms with Crippen LogP contribution < -0.4 is 5.90 Å². The lowest BCUT2D eigenvalue weighted by atomic mass is 10.2. The normalized spacial score (nSPS) is 13.0. The van der Waals surface area contributed by atoms with Gasteiger partial charge in [-0.05, 0) is 13.3 Å². The Morgan fingerprint density at radius 2 is 2.27 bits per heavy atom. The highest BCUT2D eigenvalue weighted by molar-refractivity contribution is 4.90. The van der Waals surface area contributed by atoms with Crippen LogP contribution in [-0.4, -0.2) is 16.7 Å². The topological polar surface area (TPSA) is 83.4 Å². The van der Waals surface area contributed by atoms with Crippen LogP contribution in [0.4, 0.5) is 0 Å². The molecule has 0 aromatic carbocycles. The average molecular weight is 215 g/mol. The Kier molecular flexibility index (Phi) is 5.23. The molecule has 0 saturated heterocycles. The summed E-state index contributed by atoms with van der Waals surface area (Å²) in [5.41, 5.74) is 0. The van der Waals surface area contributed by atoms with Crippen LogP contribution in [0.2, 0.25) is 0 Å². The van der Waals surface area contributed by atoms with Crippen LogP contribution in [0.1, 0.15) is 44.5 Å². The van der Waals surface area contributed by atoms with E-state index in [1.54, 1.807) is 0 Å². The van der Waals surface area contributed by atoms with E-state index >= 15 is 0 Å². The quantitative estimate of drug-likeness (QED) is 0.691. The molecule has 1 rings (SSSR count). The maximum absolute atomic E-state index is 5.50. The van der Waals surface area contributed by atoms with Crippen LogP contribution in [0, 0.1) is 0 Å². The molecule has 0 aliphatic carbocycles. The van der Waals surface area contributed by atoms with E-state index in [9.17, 15) is 0 Å². The van der Waals surface area contributed by atoms with Gasteiger partial charge in [0.05, 0.1) is 0 Å². The Morgan fingerprint density at radius 3 is 2.87 bits per heavy atom. The zero-order valence-electron chi connectivity index (χ0n) is 9.10. The van der Waals surface area contributed by atoms with Crippen molar-refractivity contribution < 1.29 is 14.1 Å². The SMILES string of the molecule is CCCC(OCC)c1noc(CON)n1. The largest absolute Gasteiger partial charge is 0.370 e. The van der Waals surface area contributed by atoms with E-state index in [2.05, 4.69) is 21.9 Å². The van der Waals surface area contributed by atoms with Crippen molar-refractivity contribution in [2.75, 3.05) is 6.61 Å². The molecule has 2 N–H and O–H groups in total. The van der Waals surface area contributed by atoms with Crippen molar-refractivity contribution in [3.63, 3.8) is 0 Å². The highest BCUT2D eigenvalue weighted by Crippen LogP contribution is 2.19. The average Bonchev–Trinajstić information content (AvgIpc) is 2.67. The van der Waals surface area contributed by atoms with Crippen LogP contribution in [-0.2, 0) is 16.2 Å². The molecule has 1 aromatic heterocycles. The van der Waals surface area contributed by atoms with Gasteiger partial charge in [-0.3, -0.25) is 4.84 Å². The molecule has 0 fully saturated rings. The van der Waals surface area contributed by atoms with E-state index in [0.717, 1.165) is 12.8 Å². The minimum atomic E-state index is -0.102. The van der Waals surface area contributed by atoms with Crippen molar-refractivity contribution >= 4 is 0 Å². The summed E-state index contributed by atoms with van der Waals surface area (Å²) < 4.78 is 10.4. The fourth-order valence-electron chi connectivity index (χ4n) is 1.28. The van der Waals surface area contributed by atoms with E-state index < -0.39 is 0 Å². The minimum Gasteiger partial charge on any atom is -0.370 e. The van der Waals surface area contributed by atoms with Gasteiger partial charge in [0.25, 0.3) is 5.89 Å². The van der Waals surface area contributed by atoms with Gasteiger partial charge in [0, 0.05) is 6.61 Å². The molecule has 1 aromatic rings. The lowest BCUT2D eigenvalue weighted by molar-refractivity contribution is 0.0477. The van der Waals surface area contributed by atoms with Crippen molar-refractivity contribution in [2.24, 2.45) is 5.90 Å². The fourth-order valence-corrected chi connectivity index (χ4v) is 1.28. The predicted molar refractivity (Wildman–Crippen MR) is 52.5 cm³/mol. The summed E-state index contributed by atoms with van der Waals surface area (Å²) >= 11 is 0.